The van der Waals surface area contributed by atoms with Gasteiger partial charge in [0.25, 0.3) is 0 Å². The largest absolute Gasteiger partial charge is 0.445 e. The standard InChI is InChI=1S/C19H27N3O3S/c1-14(2)26(23,24)22-18-7-3-15(4-8-18)13-21-17-9-5-16(6-10-17)19-20-11-12-25-19/h5-6,9-12,14-15,18,21-22H,3-4,7-8,13H2,1-2H3. The lowest BCUT2D eigenvalue weighted by atomic mass is 9.86. The van der Waals surface area contributed by atoms with Gasteiger partial charge in [0.05, 0.1) is 11.4 Å². The van der Waals surface area contributed by atoms with Crippen LogP contribution in [0.2, 0.25) is 0 Å². The minimum atomic E-state index is -3.17. The minimum Gasteiger partial charge on any atom is -0.445 e. The van der Waals surface area contributed by atoms with Crippen LogP contribution in [0.15, 0.2) is 41.1 Å². The predicted octanol–water partition coefficient (Wildman–Crippen LogP) is 3.64. The van der Waals surface area contributed by atoms with Gasteiger partial charge in [-0.3, -0.25) is 0 Å². The Labute approximate surface area is 155 Å². The second kappa shape index (κ2) is 8.22. The summed E-state index contributed by atoms with van der Waals surface area (Å²) < 4.78 is 32.1. The summed E-state index contributed by atoms with van der Waals surface area (Å²) in [4.78, 5) is 4.14. The zero-order valence-electron chi connectivity index (χ0n) is 15.3. The van der Waals surface area contributed by atoms with Gasteiger partial charge >= 0.3 is 0 Å². The first-order chi connectivity index (χ1) is 12.4. The maximum absolute atomic E-state index is 12.0. The number of nitrogens with one attached hydrogen (secondary N) is 2. The lowest BCUT2D eigenvalue weighted by Gasteiger charge is -2.29. The second-order valence-electron chi connectivity index (χ2n) is 7.22. The summed E-state index contributed by atoms with van der Waals surface area (Å²) in [6.45, 7) is 4.33. The van der Waals surface area contributed by atoms with Crippen LogP contribution in [0.5, 0.6) is 0 Å². The van der Waals surface area contributed by atoms with Crippen molar-refractivity contribution >= 4 is 15.7 Å². The molecule has 7 heteroatoms. The van der Waals surface area contributed by atoms with Crippen molar-refractivity contribution in [3.8, 4) is 11.5 Å². The van der Waals surface area contributed by atoms with Gasteiger partial charge in [-0.15, -0.1) is 0 Å². The maximum Gasteiger partial charge on any atom is 0.225 e. The van der Waals surface area contributed by atoms with Crippen LogP contribution >= 0.6 is 0 Å². The molecule has 0 atom stereocenters. The van der Waals surface area contributed by atoms with Crippen molar-refractivity contribution < 1.29 is 12.8 Å². The third-order valence-corrected chi connectivity index (χ3v) is 6.86. The van der Waals surface area contributed by atoms with Crippen molar-refractivity contribution in [1.82, 2.24) is 9.71 Å². The number of oxazole rings is 1. The summed E-state index contributed by atoms with van der Waals surface area (Å²) in [6, 6.07) is 8.13. The first-order valence-electron chi connectivity index (χ1n) is 9.19. The monoisotopic (exact) mass is 377 g/mol. The van der Waals surface area contributed by atoms with Crippen LogP contribution in [-0.4, -0.2) is 31.2 Å². The van der Waals surface area contributed by atoms with Crippen molar-refractivity contribution in [1.29, 1.82) is 0 Å². The van der Waals surface area contributed by atoms with Gasteiger partial charge in [-0.1, -0.05) is 0 Å². The molecule has 3 rings (SSSR count). The highest BCUT2D eigenvalue weighted by Crippen LogP contribution is 2.26. The van der Waals surface area contributed by atoms with Crippen LogP contribution < -0.4 is 10.0 Å². The number of sulfonamides is 1. The molecule has 0 amide bonds. The molecule has 1 aliphatic carbocycles. The number of hydrogen-bond donors (Lipinski definition) is 2. The predicted molar refractivity (Wildman–Crippen MR) is 103 cm³/mol. The van der Waals surface area contributed by atoms with Gasteiger partial charge in [0.1, 0.15) is 6.26 Å². The highest BCUT2D eigenvalue weighted by atomic mass is 32.2. The molecule has 0 saturated heterocycles. The summed E-state index contributed by atoms with van der Waals surface area (Å²) in [5, 5.41) is 3.10. The molecule has 0 unspecified atom stereocenters. The molecule has 1 aromatic carbocycles. The number of anilines is 1. The van der Waals surface area contributed by atoms with Crippen LogP contribution in [0.3, 0.4) is 0 Å². The van der Waals surface area contributed by atoms with E-state index in [1.807, 2.05) is 24.3 Å². The highest BCUT2D eigenvalue weighted by Gasteiger charge is 2.26. The van der Waals surface area contributed by atoms with Crippen molar-refractivity contribution in [3.05, 3.63) is 36.7 Å². The molecule has 1 saturated carbocycles. The Bertz CT molecular complexity index is 778. The van der Waals surface area contributed by atoms with Crippen molar-refractivity contribution in [2.45, 2.75) is 50.8 Å². The molecule has 1 heterocycles. The summed E-state index contributed by atoms with van der Waals surface area (Å²) >= 11 is 0. The topological polar surface area (TPSA) is 84.2 Å². The van der Waals surface area contributed by atoms with E-state index in [0.29, 0.717) is 11.8 Å². The van der Waals surface area contributed by atoms with Crippen LogP contribution in [0.1, 0.15) is 39.5 Å². The van der Waals surface area contributed by atoms with Gasteiger partial charge in [0.15, 0.2) is 0 Å². The second-order valence-corrected chi connectivity index (χ2v) is 9.49. The van der Waals surface area contributed by atoms with E-state index in [1.165, 1.54) is 0 Å². The Morgan fingerprint density at radius 2 is 1.85 bits per heavy atom. The maximum atomic E-state index is 12.0. The summed E-state index contributed by atoms with van der Waals surface area (Å²) in [5.41, 5.74) is 2.03. The molecule has 2 N–H and O–H groups in total. The van der Waals surface area contributed by atoms with Crippen LogP contribution in [0, 0.1) is 5.92 Å². The number of rotatable bonds is 7. The van der Waals surface area contributed by atoms with E-state index in [-0.39, 0.29) is 11.3 Å². The third kappa shape index (κ3) is 4.86. The van der Waals surface area contributed by atoms with Crippen LogP contribution in [-0.2, 0) is 10.0 Å². The zero-order valence-corrected chi connectivity index (χ0v) is 16.1. The van der Waals surface area contributed by atoms with Crippen molar-refractivity contribution in [2.24, 2.45) is 5.92 Å². The Morgan fingerprint density at radius 3 is 2.42 bits per heavy atom. The minimum absolute atomic E-state index is 0.0822. The molecular formula is C19H27N3O3S. The quantitative estimate of drug-likeness (QED) is 0.769. The Morgan fingerprint density at radius 1 is 1.15 bits per heavy atom. The molecule has 142 valence electrons. The molecule has 1 aromatic heterocycles. The lowest BCUT2D eigenvalue weighted by molar-refractivity contribution is 0.323. The molecule has 0 aliphatic heterocycles. The molecule has 0 radical (unpaired) electrons. The first-order valence-corrected chi connectivity index (χ1v) is 10.7. The fraction of sp³-hybridized carbons (Fsp3) is 0.526. The van der Waals surface area contributed by atoms with Crippen LogP contribution in [0.25, 0.3) is 11.5 Å². The van der Waals surface area contributed by atoms with Crippen LogP contribution in [0.4, 0.5) is 5.69 Å². The van der Waals surface area contributed by atoms with Gasteiger partial charge in [0.2, 0.25) is 15.9 Å². The van der Waals surface area contributed by atoms with E-state index in [0.717, 1.165) is 43.5 Å². The Balaban J connectivity index is 1.44. The van der Waals surface area contributed by atoms with Gasteiger partial charge in [-0.25, -0.2) is 18.1 Å². The summed E-state index contributed by atoms with van der Waals surface area (Å²) in [7, 11) is -3.17. The van der Waals surface area contributed by atoms with Gasteiger partial charge < -0.3 is 9.73 Å². The van der Waals surface area contributed by atoms with E-state index in [1.54, 1.807) is 26.3 Å². The van der Waals surface area contributed by atoms with Gasteiger partial charge in [-0.2, -0.15) is 0 Å². The number of benzene rings is 1. The van der Waals surface area contributed by atoms with Crippen molar-refractivity contribution in [2.75, 3.05) is 11.9 Å². The normalized spacial score (nSPS) is 21.0. The van der Waals surface area contributed by atoms with E-state index in [2.05, 4.69) is 15.0 Å². The highest BCUT2D eigenvalue weighted by molar-refractivity contribution is 7.90. The molecular weight excluding hydrogens is 350 g/mol. The molecule has 6 nitrogen and oxygen atoms in total. The fourth-order valence-corrected chi connectivity index (χ4v) is 4.18. The average molecular weight is 378 g/mol. The number of nitrogens with zero attached hydrogens (tertiary/aromatic N) is 1. The Kier molecular flexibility index (Phi) is 5.98. The first kappa shape index (κ1) is 18.9. The van der Waals surface area contributed by atoms with E-state index in [4.69, 9.17) is 4.42 Å². The smallest absolute Gasteiger partial charge is 0.225 e. The molecule has 2 aromatic rings. The molecule has 0 spiro atoms. The number of aromatic nitrogens is 1. The third-order valence-electron chi connectivity index (χ3n) is 4.96. The van der Waals surface area contributed by atoms with E-state index < -0.39 is 10.0 Å². The molecule has 1 aliphatic rings. The number of hydrogen-bond acceptors (Lipinski definition) is 5. The molecule has 1 fully saturated rings. The zero-order chi connectivity index (χ0) is 18.6. The van der Waals surface area contributed by atoms with Gasteiger partial charge in [-0.05, 0) is 69.7 Å². The molecule has 0 bridgehead atoms. The van der Waals surface area contributed by atoms with E-state index in [9.17, 15) is 8.42 Å². The lowest BCUT2D eigenvalue weighted by Crippen LogP contribution is -2.41. The SMILES string of the molecule is CC(C)S(=O)(=O)NC1CCC(CNc2ccc(-c3ncco3)cc2)CC1. The average Bonchev–Trinajstić information content (AvgIpc) is 3.16. The van der Waals surface area contributed by atoms with Crippen molar-refractivity contribution in [3.63, 3.8) is 0 Å². The fourth-order valence-electron chi connectivity index (χ4n) is 3.21. The Hall–Kier alpha value is -1.86. The van der Waals surface area contributed by atoms with Gasteiger partial charge in [0, 0.05) is 23.8 Å². The van der Waals surface area contributed by atoms with E-state index >= 15 is 0 Å². The summed E-state index contributed by atoms with van der Waals surface area (Å²) in [6.07, 6.45) is 7.08. The summed E-state index contributed by atoms with van der Waals surface area (Å²) in [5.74, 6) is 1.19. The molecule has 26 heavy (non-hydrogen) atoms.